The maximum absolute atomic E-state index is 13.4. The second-order valence-electron chi connectivity index (χ2n) is 9.25. The maximum Gasteiger partial charge on any atom is 0.251 e. The number of Topliss-reactive ketones (excluding diaryl/α,β-unsaturated/α-hetero) is 1. The van der Waals surface area contributed by atoms with Crippen molar-refractivity contribution in [3.63, 3.8) is 0 Å². The summed E-state index contributed by atoms with van der Waals surface area (Å²) in [6, 6.07) is 15.4. The minimum atomic E-state index is -0.526. The van der Waals surface area contributed by atoms with Crippen LogP contribution in [0.4, 0.5) is 0 Å². The first-order valence-corrected chi connectivity index (χ1v) is 9.42. The van der Waals surface area contributed by atoms with Gasteiger partial charge in [-0.3, -0.25) is 9.59 Å². The van der Waals surface area contributed by atoms with Crippen molar-refractivity contribution in [3.05, 3.63) is 70.8 Å². The summed E-state index contributed by atoms with van der Waals surface area (Å²) in [5.74, 6) is -0.531. The maximum atomic E-state index is 13.4. The summed E-state index contributed by atoms with van der Waals surface area (Å²) in [6.07, 6.45) is 0. The quantitative estimate of drug-likeness (QED) is 0.802. The van der Waals surface area contributed by atoms with Gasteiger partial charge in [0.25, 0.3) is 5.91 Å². The number of amides is 1. The SMILES string of the molecule is Cc1ccc(C(=O)NC(C)(C)C)c(C(C(=O)C(C)(C)C)c2ccccc2)c1. The predicted molar refractivity (Wildman–Crippen MR) is 111 cm³/mol. The second-order valence-corrected chi connectivity index (χ2v) is 9.25. The molecule has 1 amide bonds. The summed E-state index contributed by atoms with van der Waals surface area (Å²) in [6.45, 7) is 13.6. The Hall–Kier alpha value is -2.42. The average molecular weight is 366 g/mol. The zero-order valence-electron chi connectivity index (χ0n) is 17.5. The molecule has 0 bridgehead atoms. The molecule has 0 spiro atoms. The molecule has 1 atom stereocenters. The molecule has 2 aromatic rings. The Balaban J connectivity index is 2.67. The predicted octanol–water partition coefficient (Wildman–Crippen LogP) is 5.27. The highest BCUT2D eigenvalue weighted by atomic mass is 16.2. The summed E-state index contributed by atoms with van der Waals surface area (Å²) < 4.78 is 0. The van der Waals surface area contributed by atoms with Crippen LogP contribution in [0.15, 0.2) is 48.5 Å². The Morgan fingerprint density at radius 2 is 1.48 bits per heavy atom. The molecule has 2 aromatic carbocycles. The number of rotatable bonds is 4. The van der Waals surface area contributed by atoms with Crippen molar-refractivity contribution >= 4 is 11.7 Å². The summed E-state index contributed by atoms with van der Waals surface area (Å²) in [4.78, 5) is 26.4. The van der Waals surface area contributed by atoms with E-state index in [0.29, 0.717) is 5.56 Å². The minimum absolute atomic E-state index is 0.101. The topological polar surface area (TPSA) is 46.2 Å². The first-order valence-electron chi connectivity index (χ1n) is 9.42. The smallest absolute Gasteiger partial charge is 0.251 e. The fraction of sp³-hybridized carbons (Fsp3) is 0.417. The molecule has 0 radical (unpaired) electrons. The summed E-state index contributed by atoms with van der Waals surface area (Å²) in [5.41, 5.74) is 2.38. The van der Waals surface area contributed by atoms with Crippen LogP contribution in [0.25, 0.3) is 0 Å². The van der Waals surface area contributed by atoms with Crippen molar-refractivity contribution in [2.45, 2.75) is 59.9 Å². The lowest BCUT2D eigenvalue weighted by molar-refractivity contribution is -0.126. The van der Waals surface area contributed by atoms with Gasteiger partial charge in [-0.2, -0.15) is 0 Å². The van der Waals surface area contributed by atoms with Gasteiger partial charge in [0.1, 0.15) is 5.78 Å². The molecule has 0 aliphatic rings. The lowest BCUT2D eigenvalue weighted by atomic mass is 9.75. The molecule has 1 unspecified atom stereocenters. The number of ketones is 1. The second kappa shape index (κ2) is 7.67. The first kappa shape index (κ1) is 20.9. The molecule has 0 aliphatic carbocycles. The number of benzene rings is 2. The molecule has 0 aliphatic heterocycles. The van der Waals surface area contributed by atoms with Crippen molar-refractivity contribution in [2.75, 3.05) is 0 Å². The molecule has 3 heteroatoms. The number of carbonyl (C=O) groups excluding carboxylic acids is 2. The van der Waals surface area contributed by atoms with Crippen molar-refractivity contribution in [1.29, 1.82) is 0 Å². The standard InChI is InChI=1S/C24H31NO2/c1-16-13-14-18(22(27)25-24(5,6)7)19(15-16)20(21(26)23(2,3)4)17-11-9-8-10-12-17/h8-15,20H,1-7H3,(H,25,27). The largest absolute Gasteiger partial charge is 0.347 e. The lowest BCUT2D eigenvalue weighted by Gasteiger charge is -2.28. The highest BCUT2D eigenvalue weighted by Crippen LogP contribution is 2.35. The van der Waals surface area contributed by atoms with Gasteiger partial charge >= 0.3 is 0 Å². The third-order valence-corrected chi connectivity index (χ3v) is 4.39. The van der Waals surface area contributed by atoms with Gasteiger partial charge in [0, 0.05) is 16.5 Å². The summed E-state index contributed by atoms with van der Waals surface area (Å²) in [7, 11) is 0. The summed E-state index contributed by atoms with van der Waals surface area (Å²) >= 11 is 0. The fourth-order valence-electron chi connectivity index (χ4n) is 3.09. The van der Waals surface area contributed by atoms with E-state index in [4.69, 9.17) is 0 Å². The molecule has 0 saturated heterocycles. The Labute approximate surface area is 163 Å². The van der Waals surface area contributed by atoms with Crippen LogP contribution in [0, 0.1) is 12.3 Å². The van der Waals surface area contributed by atoms with Crippen LogP contribution in [0.5, 0.6) is 0 Å². The van der Waals surface area contributed by atoms with E-state index in [0.717, 1.165) is 16.7 Å². The van der Waals surface area contributed by atoms with Crippen molar-refractivity contribution in [2.24, 2.45) is 5.41 Å². The summed E-state index contributed by atoms with van der Waals surface area (Å²) in [5, 5.41) is 3.03. The van der Waals surface area contributed by atoms with Crippen LogP contribution >= 0.6 is 0 Å². The third-order valence-electron chi connectivity index (χ3n) is 4.39. The molecule has 0 saturated carbocycles. The van der Waals surface area contributed by atoms with Gasteiger partial charge in [-0.15, -0.1) is 0 Å². The molecule has 0 aromatic heterocycles. The van der Waals surface area contributed by atoms with Crippen LogP contribution in [-0.2, 0) is 4.79 Å². The molecular formula is C24H31NO2. The van der Waals surface area contributed by atoms with Gasteiger partial charge in [0.05, 0.1) is 5.92 Å². The molecule has 27 heavy (non-hydrogen) atoms. The number of carbonyl (C=O) groups is 2. The number of aryl methyl sites for hydroxylation is 1. The van der Waals surface area contributed by atoms with Crippen molar-refractivity contribution in [1.82, 2.24) is 5.32 Å². The zero-order chi connectivity index (χ0) is 20.4. The highest BCUT2D eigenvalue weighted by Gasteiger charge is 2.34. The molecule has 1 N–H and O–H groups in total. The first-order chi connectivity index (χ1) is 12.4. The molecule has 0 heterocycles. The van der Waals surface area contributed by atoms with Crippen LogP contribution in [0.3, 0.4) is 0 Å². The molecular weight excluding hydrogens is 334 g/mol. The van der Waals surface area contributed by atoms with Crippen LogP contribution < -0.4 is 5.32 Å². The van der Waals surface area contributed by atoms with E-state index < -0.39 is 11.3 Å². The van der Waals surface area contributed by atoms with E-state index in [1.807, 2.05) is 97.0 Å². The molecule has 2 rings (SSSR count). The van der Waals surface area contributed by atoms with Crippen molar-refractivity contribution in [3.8, 4) is 0 Å². The van der Waals surface area contributed by atoms with Crippen LogP contribution in [-0.4, -0.2) is 17.2 Å². The van der Waals surface area contributed by atoms with Gasteiger partial charge < -0.3 is 5.32 Å². The highest BCUT2D eigenvalue weighted by molar-refractivity contribution is 6.00. The minimum Gasteiger partial charge on any atom is -0.347 e. The monoisotopic (exact) mass is 365 g/mol. The van der Waals surface area contributed by atoms with Gasteiger partial charge in [-0.25, -0.2) is 0 Å². The number of nitrogens with one attached hydrogen (secondary N) is 1. The normalized spacial score (nSPS) is 13.1. The van der Waals surface area contributed by atoms with E-state index in [2.05, 4.69) is 5.32 Å². The number of hydrogen-bond donors (Lipinski definition) is 1. The van der Waals surface area contributed by atoms with Crippen LogP contribution in [0.2, 0.25) is 0 Å². The van der Waals surface area contributed by atoms with Gasteiger partial charge in [-0.1, -0.05) is 68.8 Å². The van der Waals surface area contributed by atoms with Crippen molar-refractivity contribution < 1.29 is 9.59 Å². The zero-order valence-corrected chi connectivity index (χ0v) is 17.5. The van der Waals surface area contributed by atoms with E-state index in [-0.39, 0.29) is 17.2 Å². The molecule has 3 nitrogen and oxygen atoms in total. The van der Waals surface area contributed by atoms with Gasteiger partial charge in [0.15, 0.2) is 0 Å². The molecule has 0 fully saturated rings. The Morgan fingerprint density at radius 1 is 0.889 bits per heavy atom. The van der Waals surface area contributed by atoms with Gasteiger partial charge in [0.2, 0.25) is 0 Å². The number of hydrogen-bond acceptors (Lipinski definition) is 2. The van der Waals surface area contributed by atoms with E-state index in [1.54, 1.807) is 0 Å². The average Bonchev–Trinajstić information content (AvgIpc) is 2.53. The Morgan fingerprint density at radius 3 is 2.00 bits per heavy atom. The van der Waals surface area contributed by atoms with E-state index >= 15 is 0 Å². The lowest BCUT2D eigenvalue weighted by Crippen LogP contribution is -2.41. The molecule has 144 valence electrons. The van der Waals surface area contributed by atoms with Gasteiger partial charge in [-0.05, 0) is 44.9 Å². The van der Waals surface area contributed by atoms with E-state index in [9.17, 15) is 9.59 Å². The third kappa shape index (κ3) is 5.29. The Kier molecular flexibility index (Phi) is 5.94. The van der Waals surface area contributed by atoms with E-state index in [1.165, 1.54) is 0 Å². The van der Waals surface area contributed by atoms with Crippen LogP contribution in [0.1, 0.15) is 74.5 Å². The fourth-order valence-corrected chi connectivity index (χ4v) is 3.09. The Bertz CT molecular complexity index is 824.